The summed E-state index contributed by atoms with van der Waals surface area (Å²) in [5, 5.41) is 3.40. The van der Waals surface area contributed by atoms with Crippen LogP contribution in [0.25, 0.3) is 0 Å². The molecule has 7 heteroatoms. The van der Waals surface area contributed by atoms with Gasteiger partial charge in [-0.3, -0.25) is 0 Å². The van der Waals surface area contributed by atoms with Crippen molar-refractivity contribution < 1.29 is 14.3 Å². The van der Waals surface area contributed by atoms with Gasteiger partial charge in [0.2, 0.25) is 5.88 Å². The van der Waals surface area contributed by atoms with E-state index in [-0.39, 0.29) is 6.03 Å². The highest BCUT2D eigenvalue weighted by molar-refractivity contribution is 6.30. The third-order valence-corrected chi connectivity index (χ3v) is 3.30. The van der Waals surface area contributed by atoms with Crippen molar-refractivity contribution in [1.29, 1.82) is 0 Å². The molecule has 0 atom stereocenters. The van der Waals surface area contributed by atoms with Crippen molar-refractivity contribution in [3.63, 3.8) is 0 Å². The molecular weight excluding hydrogens is 318 g/mol. The number of anilines is 1. The van der Waals surface area contributed by atoms with Crippen LogP contribution in [0.4, 0.5) is 10.5 Å². The van der Waals surface area contributed by atoms with Crippen molar-refractivity contribution in [3.8, 4) is 11.6 Å². The zero-order chi connectivity index (χ0) is 16.7. The standard InChI is InChI=1S/C16H18ClN3O3/c1-20(9-10-23-14-6-3-12(17)4-7-14)16(21)19-13-5-8-15(22-2)18-11-13/h3-8,11H,9-10H2,1-2H3,(H,19,21). The van der Waals surface area contributed by atoms with Crippen LogP contribution in [0.1, 0.15) is 0 Å². The molecule has 23 heavy (non-hydrogen) atoms. The van der Waals surface area contributed by atoms with E-state index >= 15 is 0 Å². The molecule has 6 nitrogen and oxygen atoms in total. The summed E-state index contributed by atoms with van der Waals surface area (Å²) in [6.45, 7) is 0.824. The number of carbonyl (C=O) groups is 1. The number of aromatic nitrogens is 1. The van der Waals surface area contributed by atoms with Crippen molar-refractivity contribution in [2.75, 3.05) is 32.6 Å². The lowest BCUT2D eigenvalue weighted by Gasteiger charge is -2.18. The third-order valence-electron chi connectivity index (χ3n) is 3.05. The van der Waals surface area contributed by atoms with E-state index in [1.54, 1.807) is 43.4 Å². The number of nitrogens with one attached hydrogen (secondary N) is 1. The molecule has 122 valence electrons. The number of likely N-dealkylation sites (N-methyl/N-ethyl adjacent to an activating group) is 1. The molecule has 1 N–H and O–H groups in total. The normalized spacial score (nSPS) is 10.0. The lowest BCUT2D eigenvalue weighted by Crippen LogP contribution is -2.34. The number of halogens is 1. The second-order valence-electron chi connectivity index (χ2n) is 4.74. The molecular formula is C16H18ClN3O3. The Bertz CT molecular complexity index is 632. The summed E-state index contributed by atoms with van der Waals surface area (Å²) in [6, 6.07) is 10.2. The second kappa shape index (κ2) is 8.24. The molecule has 2 rings (SSSR count). The van der Waals surface area contributed by atoms with E-state index in [1.165, 1.54) is 18.2 Å². The van der Waals surface area contributed by atoms with Gasteiger partial charge >= 0.3 is 6.03 Å². The average molecular weight is 336 g/mol. The van der Waals surface area contributed by atoms with Gasteiger partial charge in [-0.25, -0.2) is 9.78 Å². The zero-order valence-electron chi connectivity index (χ0n) is 13.0. The van der Waals surface area contributed by atoms with Gasteiger partial charge in [-0.05, 0) is 30.3 Å². The molecule has 2 amide bonds. The first-order valence-corrected chi connectivity index (χ1v) is 7.37. The van der Waals surface area contributed by atoms with Gasteiger partial charge in [-0.2, -0.15) is 0 Å². The Balaban J connectivity index is 1.76. The van der Waals surface area contributed by atoms with Crippen LogP contribution in [0.2, 0.25) is 5.02 Å². The molecule has 0 fully saturated rings. The van der Waals surface area contributed by atoms with Crippen molar-refractivity contribution in [3.05, 3.63) is 47.6 Å². The topological polar surface area (TPSA) is 63.7 Å². The maximum absolute atomic E-state index is 12.0. The van der Waals surface area contributed by atoms with Crippen LogP contribution in [-0.2, 0) is 0 Å². The van der Waals surface area contributed by atoms with E-state index in [0.717, 1.165) is 0 Å². The lowest BCUT2D eigenvalue weighted by atomic mass is 10.3. The van der Waals surface area contributed by atoms with Gasteiger partial charge in [0.25, 0.3) is 0 Å². The molecule has 0 radical (unpaired) electrons. The number of urea groups is 1. The fourth-order valence-electron chi connectivity index (χ4n) is 1.73. The van der Waals surface area contributed by atoms with E-state index in [1.807, 2.05) is 0 Å². The van der Waals surface area contributed by atoms with Gasteiger partial charge in [0, 0.05) is 18.1 Å². The molecule has 1 aromatic heterocycles. The quantitative estimate of drug-likeness (QED) is 0.879. The van der Waals surface area contributed by atoms with Crippen molar-refractivity contribution in [2.24, 2.45) is 0 Å². The fourth-order valence-corrected chi connectivity index (χ4v) is 1.85. The number of hydrogen-bond acceptors (Lipinski definition) is 4. The molecule has 1 heterocycles. The van der Waals surface area contributed by atoms with Crippen LogP contribution in [0.3, 0.4) is 0 Å². The van der Waals surface area contributed by atoms with E-state index < -0.39 is 0 Å². The van der Waals surface area contributed by atoms with Gasteiger partial charge in [-0.15, -0.1) is 0 Å². The number of ether oxygens (including phenoxy) is 2. The summed E-state index contributed by atoms with van der Waals surface area (Å²) in [4.78, 5) is 17.6. The lowest BCUT2D eigenvalue weighted by molar-refractivity contribution is 0.207. The van der Waals surface area contributed by atoms with Crippen LogP contribution in [0.5, 0.6) is 11.6 Å². The number of benzene rings is 1. The number of methoxy groups -OCH3 is 1. The monoisotopic (exact) mass is 335 g/mol. The van der Waals surface area contributed by atoms with E-state index in [9.17, 15) is 4.79 Å². The minimum atomic E-state index is -0.239. The third kappa shape index (κ3) is 5.34. The zero-order valence-corrected chi connectivity index (χ0v) is 13.7. The predicted molar refractivity (Wildman–Crippen MR) is 89.4 cm³/mol. The first-order chi connectivity index (χ1) is 11.1. The summed E-state index contributed by atoms with van der Waals surface area (Å²) in [5.41, 5.74) is 0.598. The maximum Gasteiger partial charge on any atom is 0.321 e. The first-order valence-electron chi connectivity index (χ1n) is 6.99. The van der Waals surface area contributed by atoms with Gasteiger partial charge in [0.05, 0.1) is 25.5 Å². The molecule has 0 spiro atoms. The second-order valence-corrected chi connectivity index (χ2v) is 5.18. The van der Waals surface area contributed by atoms with Crippen molar-refractivity contribution >= 4 is 23.3 Å². The SMILES string of the molecule is COc1ccc(NC(=O)N(C)CCOc2ccc(Cl)cc2)cn1. The Morgan fingerprint density at radius 2 is 2.00 bits per heavy atom. The molecule has 0 unspecified atom stereocenters. The molecule has 1 aromatic carbocycles. The Morgan fingerprint density at radius 3 is 2.61 bits per heavy atom. The van der Waals surface area contributed by atoms with Gasteiger partial charge < -0.3 is 19.7 Å². The number of nitrogens with zero attached hydrogens (tertiary/aromatic N) is 2. The van der Waals surface area contributed by atoms with Gasteiger partial charge in [0.15, 0.2) is 0 Å². The number of rotatable bonds is 6. The molecule has 0 aliphatic carbocycles. The Kier molecular flexibility index (Phi) is 6.05. The van der Waals surface area contributed by atoms with Crippen molar-refractivity contribution in [2.45, 2.75) is 0 Å². The predicted octanol–water partition coefficient (Wildman–Crippen LogP) is 3.29. The highest BCUT2D eigenvalue weighted by Gasteiger charge is 2.09. The molecule has 0 aliphatic heterocycles. The minimum Gasteiger partial charge on any atom is -0.492 e. The number of hydrogen-bond donors (Lipinski definition) is 1. The Labute approximate surface area is 140 Å². The fraction of sp³-hybridized carbons (Fsp3) is 0.250. The maximum atomic E-state index is 12.0. The Hall–Kier alpha value is -2.47. The molecule has 2 aromatic rings. The summed E-state index contributed by atoms with van der Waals surface area (Å²) in [6.07, 6.45) is 1.54. The molecule has 0 bridgehead atoms. The molecule has 0 saturated heterocycles. The number of amides is 2. The molecule has 0 saturated carbocycles. The highest BCUT2D eigenvalue weighted by atomic mass is 35.5. The number of pyridine rings is 1. The van der Waals surface area contributed by atoms with Gasteiger partial charge in [0.1, 0.15) is 12.4 Å². The summed E-state index contributed by atoms with van der Waals surface area (Å²) < 4.78 is 10.5. The highest BCUT2D eigenvalue weighted by Crippen LogP contribution is 2.15. The summed E-state index contributed by atoms with van der Waals surface area (Å²) >= 11 is 5.80. The smallest absolute Gasteiger partial charge is 0.321 e. The Morgan fingerprint density at radius 1 is 1.26 bits per heavy atom. The number of carbonyl (C=O) groups excluding carboxylic acids is 1. The molecule has 0 aliphatic rings. The first kappa shape index (κ1) is 16.9. The van der Waals surface area contributed by atoms with Crippen LogP contribution in [0.15, 0.2) is 42.6 Å². The van der Waals surface area contributed by atoms with E-state index in [0.29, 0.717) is 35.5 Å². The van der Waals surface area contributed by atoms with E-state index in [4.69, 9.17) is 21.1 Å². The summed E-state index contributed by atoms with van der Waals surface area (Å²) in [7, 11) is 3.23. The van der Waals surface area contributed by atoms with Crippen LogP contribution in [-0.4, -0.2) is 43.2 Å². The largest absolute Gasteiger partial charge is 0.492 e. The van der Waals surface area contributed by atoms with Gasteiger partial charge in [-0.1, -0.05) is 11.6 Å². The summed E-state index contributed by atoms with van der Waals surface area (Å²) in [5.74, 6) is 1.20. The minimum absolute atomic E-state index is 0.239. The van der Waals surface area contributed by atoms with Crippen LogP contribution >= 0.6 is 11.6 Å². The van der Waals surface area contributed by atoms with Crippen molar-refractivity contribution in [1.82, 2.24) is 9.88 Å². The van der Waals surface area contributed by atoms with E-state index in [2.05, 4.69) is 10.3 Å². The van der Waals surface area contributed by atoms with Crippen LogP contribution < -0.4 is 14.8 Å². The average Bonchev–Trinajstić information content (AvgIpc) is 2.57. The van der Waals surface area contributed by atoms with Crippen LogP contribution in [0, 0.1) is 0 Å².